The number of anilines is 3. The van der Waals surface area contributed by atoms with Crippen molar-refractivity contribution in [2.75, 3.05) is 28.3 Å². The molecule has 0 spiro atoms. The molecule has 0 fully saturated rings. The van der Waals surface area contributed by atoms with Gasteiger partial charge in [-0.3, -0.25) is 25.1 Å². The van der Waals surface area contributed by atoms with Gasteiger partial charge in [0.15, 0.2) is 5.43 Å². The molecule has 2 aromatic heterocycles. The number of aryl methyl sites for hydroxylation is 1. The fourth-order valence-corrected chi connectivity index (χ4v) is 3.14. The quantitative estimate of drug-likeness (QED) is 0.265. The summed E-state index contributed by atoms with van der Waals surface area (Å²) in [5.41, 5.74) is 13.9. The van der Waals surface area contributed by atoms with Gasteiger partial charge in [0.1, 0.15) is 5.82 Å². The van der Waals surface area contributed by atoms with Crippen molar-refractivity contribution in [3.63, 3.8) is 0 Å². The van der Waals surface area contributed by atoms with E-state index in [1.807, 2.05) is 13.0 Å². The molecule has 0 unspecified atom stereocenters. The van der Waals surface area contributed by atoms with Gasteiger partial charge >= 0.3 is 0 Å². The van der Waals surface area contributed by atoms with Crippen LogP contribution in [-0.4, -0.2) is 9.35 Å². The number of nitrogens with zero attached hydrogens (tertiary/aromatic N) is 2. The first-order valence-electron chi connectivity index (χ1n) is 8.48. The average molecular weight is 377 g/mol. The third-order valence-corrected chi connectivity index (χ3v) is 4.60. The van der Waals surface area contributed by atoms with Crippen molar-refractivity contribution in [3.05, 3.63) is 74.7 Å². The maximum Gasteiger partial charge on any atom is 0.212 e. The summed E-state index contributed by atoms with van der Waals surface area (Å²) in [5.74, 6) is 12.4. The molecule has 9 heteroatoms. The minimum absolute atomic E-state index is 0.0763. The Balaban J connectivity index is 1.70. The number of nitrogen functional groups attached to an aromatic ring is 3. The van der Waals surface area contributed by atoms with Gasteiger partial charge in [-0.1, -0.05) is 11.6 Å². The molecule has 4 rings (SSSR count). The van der Waals surface area contributed by atoms with Gasteiger partial charge in [0.25, 0.3) is 0 Å². The Morgan fingerprint density at radius 2 is 1.68 bits per heavy atom. The standard InChI is InChI=1S/C19H19N7O2/c1-10-2-5-15-13(6-10)17(27)8-18(26(15)22)24-23-11-3-4-12-16(7-11)25(21)9-14(20)19(12)28/h2-9,23-24H,20-22H2,1H3. The number of pyridine rings is 2. The van der Waals surface area contributed by atoms with Crippen LogP contribution in [0.15, 0.2) is 58.3 Å². The number of nitrogens with one attached hydrogen (secondary N) is 2. The number of hydrazine groups is 1. The first kappa shape index (κ1) is 17.3. The number of rotatable bonds is 3. The summed E-state index contributed by atoms with van der Waals surface area (Å²) in [5, 5.41) is 0.952. The second kappa shape index (κ2) is 6.23. The Kier molecular flexibility index (Phi) is 3.85. The Hall–Kier alpha value is -4.14. The zero-order valence-corrected chi connectivity index (χ0v) is 15.1. The lowest BCUT2D eigenvalue weighted by molar-refractivity contribution is 1.03. The predicted molar refractivity (Wildman–Crippen MR) is 113 cm³/mol. The summed E-state index contributed by atoms with van der Waals surface area (Å²) < 4.78 is 2.68. The highest BCUT2D eigenvalue weighted by Crippen LogP contribution is 2.19. The van der Waals surface area contributed by atoms with Gasteiger partial charge in [0, 0.05) is 16.8 Å². The van der Waals surface area contributed by atoms with E-state index in [-0.39, 0.29) is 16.5 Å². The van der Waals surface area contributed by atoms with Crippen LogP contribution in [0.25, 0.3) is 21.8 Å². The van der Waals surface area contributed by atoms with E-state index in [9.17, 15) is 9.59 Å². The molecule has 0 atom stereocenters. The molecule has 0 bridgehead atoms. The zero-order valence-electron chi connectivity index (χ0n) is 15.1. The molecule has 142 valence electrons. The molecule has 2 aromatic carbocycles. The lowest BCUT2D eigenvalue weighted by Gasteiger charge is -2.16. The van der Waals surface area contributed by atoms with Gasteiger partial charge in [0.2, 0.25) is 5.43 Å². The predicted octanol–water partition coefficient (Wildman–Crippen LogP) is 1.07. The van der Waals surface area contributed by atoms with Gasteiger partial charge in [-0.15, -0.1) is 0 Å². The molecule has 9 nitrogen and oxygen atoms in total. The van der Waals surface area contributed by atoms with Crippen molar-refractivity contribution in [2.45, 2.75) is 6.92 Å². The molecule has 0 aliphatic carbocycles. The SMILES string of the molecule is Cc1ccc2c(c1)c(=O)cc(NNc1ccc3c(=O)c(N)cn(N)c3c1)n2N. The largest absolute Gasteiger partial charge is 0.394 e. The van der Waals surface area contributed by atoms with Crippen LogP contribution in [0.5, 0.6) is 0 Å². The molecule has 2 heterocycles. The maximum absolute atomic E-state index is 12.4. The van der Waals surface area contributed by atoms with Crippen molar-refractivity contribution in [1.29, 1.82) is 0 Å². The van der Waals surface area contributed by atoms with Gasteiger partial charge in [-0.25, -0.2) is 4.68 Å². The van der Waals surface area contributed by atoms with Gasteiger partial charge in [-0.05, 0) is 37.3 Å². The van der Waals surface area contributed by atoms with Crippen LogP contribution in [-0.2, 0) is 0 Å². The van der Waals surface area contributed by atoms with Crippen molar-refractivity contribution in [3.8, 4) is 0 Å². The van der Waals surface area contributed by atoms with Gasteiger partial charge in [0.05, 0.1) is 28.6 Å². The lowest BCUT2D eigenvalue weighted by atomic mass is 10.1. The minimum Gasteiger partial charge on any atom is -0.394 e. The van der Waals surface area contributed by atoms with Crippen molar-refractivity contribution >= 4 is 39.0 Å². The number of benzene rings is 2. The fourth-order valence-electron chi connectivity index (χ4n) is 3.14. The van der Waals surface area contributed by atoms with Crippen molar-refractivity contribution < 1.29 is 0 Å². The summed E-state index contributed by atoms with van der Waals surface area (Å²) in [4.78, 5) is 24.5. The van der Waals surface area contributed by atoms with E-state index in [2.05, 4.69) is 10.9 Å². The summed E-state index contributed by atoms with van der Waals surface area (Å²) in [6.07, 6.45) is 1.37. The second-order valence-electron chi connectivity index (χ2n) is 6.59. The molecular formula is C19H19N7O2. The average Bonchev–Trinajstić information content (AvgIpc) is 2.67. The number of hydrogen-bond acceptors (Lipinski definition) is 7. The van der Waals surface area contributed by atoms with Crippen LogP contribution < -0.4 is 39.1 Å². The highest BCUT2D eigenvalue weighted by Gasteiger charge is 2.09. The summed E-state index contributed by atoms with van der Waals surface area (Å²) in [6.45, 7) is 1.91. The number of nitrogens with two attached hydrogens (primary N) is 3. The normalized spacial score (nSPS) is 11.0. The molecule has 8 N–H and O–H groups in total. The van der Waals surface area contributed by atoms with E-state index in [4.69, 9.17) is 17.4 Å². The highest BCUT2D eigenvalue weighted by molar-refractivity contribution is 5.85. The highest BCUT2D eigenvalue weighted by atomic mass is 16.1. The first-order chi connectivity index (χ1) is 13.3. The van der Waals surface area contributed by atoms with Crippen molar-refractivity contribution in [2.24, 2.45) is 0 Å². The topological polar surface area (TPSA) is 146 Å². The number of aromatic nitrogens is 2. The second-order valence-corrected chi connectivity index (χ2v) is 6.59. The molecule has 0 aliphatic rings. The Morgan fingerprint density at radius 3 is 2.46 bits per heavy atom. The third-order valence-electron chi connectivity index (χ3n) is 4.60. The lowest BCUT2D eigenvalue weighted by Crippen LogP contribution is -2.23. The summed E-state index contributed by atoms with van der Waals surface area (Å²) in [6, 6.07) is 11.9. The molecule has 0 radical (unpaired) electrons. The van der Waals surface area contributed by atoms with E-state index < -0.39 is 0 Å². The number of fused-ring (bicyclic) bond motifs is 2. The van der Waals surface area contributed by atoms with E-state index in [0.717, 1.165) is 5.56 Å². The monoisotopic (exact) mass is 377 g/mol. The van der Waals surface area contributed by atoms with E-state index in [1.54, 1.807) is 30.3 Å². The molecule has 0 saturated carbocycles. The Bertz CT molecular complexity index is 1350. The molecule has 0 saturated heterocycles. The van der Waals surface area contributed by atoms with E-state index in [1.165, 1.54) is 21.6 Å². The minimum atomic E-state index is -0.281. The fraction of sp³-hybridized carbons (Fsp3) is 0.0526. The number of hydrogen-bond donors (Lipinski definition) is 5. The molecular weight excluding hydrogens is 358 g/mol. The summed E-state index contributed by atoms with van der Waals surface area (Å²) >= 11 is 0. The Labute approximate surface area is 158 Å². The zero-order chi connectivity index (χ0) is 20.0. The maximum atomic E-state index is 12.4. The van der Waals surface area contributed by atoms with Gasteiger partial charge < -0.3 is 17.4 Å². The smallest absolute Gasteiger partial charge is 0.212 e. The van der Waals surface area contributed by atoms with E-state index in [0.29, 0.717) is 33.3 Å². The molecule has 4 aromatic rings. The van der Waals surface area contributed by atoms with Crippen LogP contribution >= 0.6 is 0 Å². The van der Waals surface area contributed by atoms with Crippen LogP contribution in [0.3, 0.4) is 0 Å². The third kappa shape index (κ3) is 2.75. The van der Waals surface area contributed by atoms with Crippen LogP contribution in [0, 0.1) is 6.92 Å². The van der Waals surface area contributed by atoms with Crippen LogP contribution in [0.4, 0.5) is 17.2 Å². The molecule has 0 aliphatic heterocycles. The van der Waals surface area contributed by atoms with Gasteiger partial charge in [-0.2, -0.15) is 0 Å². The Morgan fingerprint density at radius 1 is 0.893 bits per heavy atom. The first-order valence-corrected chi connectivity index (χ1v) is 8.48. The summed E-state index contributed by atoms with van der Waals surface area (Å²) in [7, 11) is 0. The van der Waals surface area contributed by atoms with Crippen molar-refractivity contribution in [1.82, 2.24) is 9.35 Å². The van der Waals surface area contributed by atoms with Crippen LogP contribution in [0.1, 0.15) is 5.56 Å². The molecule has 28 heavy (non-hydrogen) atoms. The van der Waals surface area contributed by atoms with Crippen LogP contribution in [0.2, 0.25) is 0 Å². The van der Waals surface area contributed by atoms with E-state index >= 15 is 0 Å². The molecule has 0 amide bonds.